The molecule has 4 N–H and O–H groups in total. The number of fused-ring (bicyclic) bond motifs is 1. The van der Waals surface area contributed by atoms with Crippen molar-refractivity contribution in [3.8, 4) is 0 Å². The second kappa shape index (κ2) is 9.39. The van der Waals surface area contributed by atoms with Gasteiger partial charge in [-0.05, 0) is 84.4 Å². The summed E-state index contributed by atoms with van der Waals surface area (Å²) in [6.45, 7) is 3.92. The molecule has 5 heteroatoms. The Bertz CT molecular complexity index is 905. The molecule has 1 heterocycles. The molecule has 168 valence electrons. The molecular formula is C26H34O5. The second-order valence-corrected chi connectivity index (χ2v) is 9.01. The quantitative estimate of drug-likeness (QED) is 0.590. The molecule has 0 spiro atoms. The second-order valence-electron chi connectivity index (χ2n) is 9.01. The minimum atomic E-state index is -1.36. The van der Waals surface area contributed by atoms with Crippen LogP contribution in [0.1, 0.15) is 64.8 Å². The summed E-state index contributed by atoms with van der Waals surface area (Å²) in [4.78, 5) is 0. The molecule has 0 amide bonds. The van der Waals surface area contributed by atoms with Crippen molar-refractivity contribution in [2.75, 3.05) is 6.61 Å². The molecule has 1 aliphatic heterocycles. The number of aliphatic hydroxyl groups is 4. The molecule has 0 saturated carbocycles. The maximum absolute atomic E-state index is 10.8. The van der Waals surface area contributed by atoms with E-state index in [9.17, 15) is 20.4 Å². The highest BCUT2D eigenvalue weighted by Gasteiger charge is 2.45. The maximum atomic E-state index is 10.8. The average molecular weight is 427 g/mol. The third-order valence-electron chi connectivity index (χ3n) is 7.10. The summed E-state index contributed by atoms with van der Waals surface area (Å²) in [5.74, 6) is 0. The van der Waals surface area contributed by atoms with E-state index in [0.29, 0.717) is 0 Å². The Morgan fingerprint density at radius 3 is 2.19 bits per heavy atom. The first kappa shape index (κ1) is 22.4. The first-order valence-corrected chi connectivity index (χ1v) is 11.5. The fourth-order valence-electron chi connectivity index (χ4n) is 5.12. The van der Waals surface area contributed by atoms with Gasteiger partial charge in [-0.2, -0.15) is 0 Å². The fourth-order valence-corrected chi connectivity index (χ4v) is 5.12. The van der Waals surface area contributed by atoms with Crippen molar-refractivity contribution in [2.45, 2.75) is 82.9 Å². The Morgan fingerprint density at radius 2 is 1.55 bits per heavy atom. The van der Waals surface area contributed by atoms with Gasteiger partial charge in [0.25, 0.3) is 0 Å². The Hall–Kier alpha value is -1.76. The molecule has 31 heavy (non-hydrogen) atoms. The molecule has 1 fully saturated rings. The summed E-state index contributed by atoms with van der Waals surface area (Å²) in [6, 6.07) is 10.8. The molecule has 1 saturated heterocycles. The van der Waals surface area contributed by atoms with Gasteiger partial charge in [-0.25, -0.2) is 0 Å². The normalized spacial score (nSPS) is 28.4. The number of benzene rings is 2. The third-order valence-corrected chi connectivity index (χ3v) is 7.10. The number of hydrogen-bond donors (Lipinski definition) is 4. The summed E-state index contributed by atoms with van der Waals surface area (Å²) in [5, 5.41) is 40.9. The molecule has 0 radical (unpaired) electrons. The van der Waals surface area contributed by atoms with Crippen molar-refractivity contribution in [3.63, 3.8) is 0 Å². The van der Waals surface area contributed by atoms with Gasteiger partial charge in [-0.3, -0.25) is 0 Å². The van der Waals surface area contributed by atoms with Crippen LogP contribution in [-0.2, 0) is 30.4 Å². The topological polar surface area (TPSA) is 90.2 Å². The molecule has 2 aliphatic rings. The Balaban J connectivity index is 1.75. The highest BCUT2D eigenvalue weighted by molar-refractivity contribution is 5.50. The van der Waals surface area contributed by atoms with Gasteiger partial charge in [-0.1, -0.05) is 37.3 Å². The zero-order valence-electron chi connectivity index (χ0n) is 18.4. The van der Waals surface area contributed by atoms with E-state index in [2.05, 4.69) is 44.2 Å². The first-order chi connectivity index (χ1) is 14.9. The number of hydrogen-bond acceptors (Lipinski definition) is 5. The zero-order chi connectivity index (χ0) is 22.1. The lowest BCUT2D eigenvalue weighted by Crippen LogP contribution is -2.55. The van der Waals surface area contributed by atoms with Crippen LogP contribution in [0.25, 0.3) is 0 Å². The number of aryl methyl sites for hydroxylation is 1. The van der Waals surface area contributed by atoms with Crippen LogP contribution in [0.5, 0.6) is 0 Å². The zero-order valence-corrected chi connectivity index (χ0v) is 18.4. The highest BCUT2D eigenvalue weighted by Crippen LogP contribution is 2.39. The highest BCUT2D eigenvalue weighted by atomic mass is 16.5. The van der Waals surface area contributed by atoms with Gasteiger partial charge >= 0.3 is 0 Å². The smallest absolute Gasteiger partial charge is 0.113 e. The molecule has 0 unspecified atom stereocenters. The van der Waals surface area contributed by atoms with Crippen molar-refractivity contribution >= 4 is 0 Å². The molecule has 1 aliphatic carbocycles. The van der Waals surface area contributed by atoms with E-state index < -0.39 is 37.1 Å². The summed E-state index contributed by atoms with van der Waals surface area (Å²) in [6.07, 6.45) is 0.301. The number of aliphatic hydroxyl groups excluding tert-OH is 4. The Labute approximate surface area is 184 Å². The van der Waals surface area contributed by atoms with Gasteiger partial charge in [-0.15, -0.1) is 0 Å². The minimum absolute atomic E-state index is 0.411. The summed E-state index contributed by atoms with van der Waals surface area (Å²) >= 11 is 0. The van der Waals surface area contributed by atoms with Crippen LogP contribution < -0.4 is 0 Å². The lowest BCUT2D eigenvalue weighted by molar-refractivity contribution is -0.231. The van der Waals surface area contributed by atoms with Crippen molar-refractivity contribution in [1.29, 1.82) is 0 Å². The van der Waals surface area contributed by atoms with Crippen LogP contribution in [0.15, 0.2) is 30.3 Å². The van der Waals surface area contributed by atoms with E-state index >= 15 is 0 Å². The lowest BCUT2D eigenvalue weighted by atomic mass is 9.78. The molecule has 2 aromatic carbocycles. The van der Waals surface area contributed by atoms with E-state index in [1.165, 1.54) is 33.4 Å². The Morgan fingerprint density at radius 1 is 0.903 bits per heavy atom. The summed E-state index contributed by atoms with van der Waals surface area (Å²) < 4.78 is 5.95. The van der Waals surface area contributed by atoms with Crippen molar-refractivity contribution < 1.29 is 25.2 Å². The molecule has 5 atom stereocenters. The number of ether oxygens (including phenoxy) is 1. The predicted molar refractivity (Wildman–Crippen MR) is 119 cm³/mol. The average Bonchev–Trinajstić information content (AvgIpc) is 2.80. The van der Waals surface area contributed by atoms with E-state index in [4.69, 9.17) is 4.74 Å². The van der Waals surface area contributed by atoms with Gasteiger partial charge in [0.05, 0.1) is 6.61 Å². The van der Waals surface area contributed by atoms with Crippen molar-refractivity contribution in [1.82, 2.24) is 0 Å². The number of rotatable bonds is 5. The van der Waals surface area contributed by atoms with E-state index in [-0.39, 0.29) is 0 Å². The van der Waals surface area contributed by atoms with E-state index in [1.54, 1.807) is 0 Å². The van der Waals surface area contributed by atoms with Crippen LogP contribution in [0.2, 0.25) is 0 Å². The maximum Gasteiger partial charge on any atom is 0.113 e. The predicted octanol–water partition coefficient (Wildman–Crippen LogP) is 2.54. The van der Waals surface area contributed by atoms with Crippen LogP contribution in [0, 0.1) is 6.92 Å². The fraction of sp³-hybridized carbons (Fsp3) is 0.538. The minimum Gasteiger partial charge on any atom is -0.394 e. The molecule has 4 rings (SSSR count). The third kappa shape index (κ3) is 4.30. The van der Waals surface area contributed by atoms with Gasteiger partial charge in [0, 0.05) is 0 Å². The van der Waals surface area contributed by atoms with Gasteiger partial charge in [0.1, 0.15) is 30.5 Å². The van der Waals surface area contributed by atoms with Crippen LogP contribution in [-0.4, -0.2) is 51.4 Å². The van der Waals surface area contributed by atoms with Crippen LogP contribution >= 0.6 is 0 Å². The van der Waals surface area contributed by atoms with Crippen LogP contribution in [0.4, 0.5) is 0 Å². The van der Waals surface area contributed by atoms with Crippen LogP contribution in [0.3, 0.4) is 0 Å². The molecule has 5 nitrogen and oxygen atoms in total. The van der Waals surface area contributed by atoms with Gasteiger partial charge < -0.3 is 25.2 Å². The lowest BCUT2D eigenvalue weighted by Gasteiger charge is -2.41. The molecule has 0 aromatic heterocycles. The van der Waals surface area contributed by atoms with E-state index in [0.717, 1.165) is 44.1 Å². The standard InChI is InChI=1S/C26H34O5/c1-3-16-8-10-17(11-9-16)12-18-13-21(20-7-5-4-6-19(20)15(18)2)26-25(30)24(29)23(28)22(14-27)31-26/h8-11,13,22-30H,3-7,12,14H2,1-2H3/t22-,23-,24+,25-,26+/m1/s1. The van der Waals surface area contributed by atoms with Crippen molar-refractivity contribution in [2.24, 2.45) is 0 Å². The van der Waals surface area contributed by atoms with E-state index in [1.807, 2.05) is 0 Å². The molecule has 0 bridgehead atoms. The largest absolute Gasteiger partial charge is 0.394 e. The molecule has 2 aromatic rings. The molecular weight excluding hydrogens is 392 g/mol. The van der Waals surface area contributed by atoms with Gasteiger partial charge in [0.15, 0.2) is 0 Å². The summed E-state index contributed by atoms with van der Waals surface area (Å²) in [5.41, 5.74) is 8.43. The van der Waals surface area contributed by atoms with Gasteiger partial charge in [0.2, 0.25) is 0 Å². The first-order valence-electron chi connectivity index (χ1n) is 11.5. The Kier molecular flexibility index (Phi) is 6.80. The van der Waals surface area contributed by atoms with Crippen molar-refractivity contribution in [3.05, 3.63) is 69.3 Å². The monoisotopic (exact) mass is 426 g/mol. The summed E-state index contributed by atoms with van der Waals surface area (Å²) in [7, 11) is 0. The SMILES string of the molecule is CCc1ccc(Cc2cc([C@@H]3O[C@H](CO)[C@@H](O)[C@H](O)[C@H]3O)c3c(c2C)CCCC3)cc1.